The van der Waals surface area contributed by atoms with E-state index in [1.165, 1.54) is 0 Å². The molecule has 0 amide bonds. The molecule has 0 saturated carbocycles. The Balaban J connectivity index is 2.41. The second-order valence-corrected chi connectivity index (χ2v) is 4.76. The van der Waals surface area contributed by atoms with Gasteiger partial charge in [0.05, 0.1) is 14.2 Å². The largest absolute Gasteiger partial charge is 0.497 e. The van der Waals surface area contributed by atoms with Gasteiger partial charge in [-0.1, -0.05) is 0 Å². The van der Waals surface area contributed by atoms with Crippen LogP contribution in [-0.4, -0.2) is 19.3 Å². The molecule has 0 fully saturated rings. The van der Waals surface area contributed by atoms with Gasteiger partial charge in [0.1, 0.15) is 17.6 Å². The van der Waals surface area contributed by atoms with Crippen molar-refractivity contribution in [1.29, 1.82) is 0 Å². The molecule has 2 aromatic rings. The van der Waals surface area contributed by atoms with E-state index in [4.69, 9.17) is 9.47 Å². The first kappa shape index (κ1) is 12.9. The number of aliphatic hydroxyl groups is 1. The van der Waals surface area contributed by atoms with Gasteiger partial charge in [0.2, 0.25) is 0 Å². The lowest BCUT2D eigenvalue weighted by Gasteiger charge is -2.15. The zero-order chi connectivity index (χ0) is 13.1. The Morgan fingerprint density at radius 1 is 1.11 bits per heavy atom. The molecule has 2 rings (SSSR count). The molecular formula is C14H16O3S. The van der Waals surface area contributed by atoms with E-state index in [0.29, 0.717) is 11.5 Å². The molecule has 0 aliphatic rings. The van der Waals surface area contributed by atoms with Crippen molar-refractivity contribution in [1.82, 2.24) is 0 Å². The third-order valence-corrected chi connectivity index (χ3v) is 3.80. The monoisotopic (exact) mass is 264 g/mol. The second-order valence-electron chi connectivity index (χ2n) is 4.02. The summed E-state index contributed by atoms with van der Waals surface area (Å²) in [6.45, 7) is 1.99. The minimum Gasteiger partial charge on any atom is -0.497 e. The van der Waals surface area contributed by atoms with E-state index >= 15 is 0 Å². The minimum atomic E-state index is -0.669. The third-order valence-electron chi connectivity index (χ3n) is 2.92. The summed E-state index contributed by atoms with van der Waals surface area (Å²) >= 11 is 1.58. The van der Waals surface area contributed by atoms with E-state index in [1.54, 1.807) is 31.6 Å². The lowest BCUT2D eigenvalue weighted by molar-refractivity contribution is 0.214. The average Bonchev–Trinajstić information content (AvgIpc) is 2.83. The van der Waals surface area contributed by atoms with Gasteiger partial charge >= 0.3 is 0 Å². The lowest BCUT2D eigenvalue weighted by Crippen LogP contribution is -2.03. The highest BCUT2D eigenvalue weighted by Gasteiger charge is 2.18. The summed E-state index contributed by atoms with van der Waals surface area (Å²) < 4.78 is 10.5. The van der Waals surface area contributed by atoms with Gasteiger partial charge < -0.3 is 14.6 Å². The number of aliphatic hydroxyl groups excluding tert-OH is 1. The summed E-state index contributed by atoms with van der Waals surface area (Å²) in [7, 11) is 3.19. The molecule has 1 atom stereocenters. The highest BCUT2D eigenvalue weighted by molar-refractivity contribution is 7.08. The molecule has 1 N–H and O–H groups in total. The highest BCUT2D eigenvalue weighted by Crippen LogP contribution is 2.35. The normalized spacial score (nSPS) is 12.2. The van der Waals surface area contributed by atoms with Gasteiger partial charge in [-0.25, -0.2) is 0 Å². The van der Waals surface area contributed by atoms with Crippen LogP contribution in [0.5, 0.6) is 11.5 Å². The van der Waals surface area contributed by atoms with E-state index in [1.807, 2.05) is 29.8 Å². The van der Waals surface area contributed by atoms with Crippen LogP contribution in [0.15, 0.2) is 29.0 Å². The van der Waals surface area contributed by atoms with Crippen LogP contribution in [0.1, 0.15) is 22.8 Å². The van der Waals surface area contributed by atoms with Gasteiger partial charge in [-0.2, -0.15) is 11.3 Å². The van der Waals surface area contributed by atoms with Crippen molar-refractivity contribution in [3.63, 3.8) is 0 Å². The Labute approximate surface area is 111 Å². The number of ether oxygens (including phenoxy) is 2. The summed E-state index contributed by atoms with van der Waals surface area (Å²) in [6, 6.07) is 5.43. The molecule has 0 saturated heterocycles. The molecule has 1 unspecified atom stereocenters. The number of hydrogen-bond donors (Lipinski definition) is 1. The first-order valence-corrected chi connectivity index (χ1v) is 6.54. The van der Waals surface area contributed by atoms with Gasteiger partial charge in [0.15, 0.2) is 0 Å². The Kier molecular flexibility index (Phi) is 3.89. The molecule has 0 spiro atoms. The van der Waals surface area contributed by atoms with E-state index < -0.39 is 6.10 Å². The van der Waals surface area contributed by atoms with Gasteiger partial charge in [-0.3, -0.25) is 0 Å². The second kappa shape index (κ2) is 5.42. The lowest BCUT2D eigenvalue weighted by atomic mass is 10.0. The van der Waals surface area contributed by atoms with Crippen LogP contribution in [0, 0.1) is 6.92 Å². The van der Waals surface area contributed by atoms with E-state index in [9.17, 15) is 5.11 Å². The highest BCUT2D eigenvalue weighted by atomic mass is 32.1. The first-order valence-electron chi connectivity index (χ1n) is 5.60. The molecule has 1 aromatic carbocycles. The van der Waals surface area contributed by atoms with Crippen molar-refractivity contribution < 1.29 is 14.6 Å². The topological polar surface area (TPSA) is 38.7 Å². The predicted octanol–water partition coefficient (Wildman–Crippen LogP) is 3.16. The van der Waals surface area contributed by atoms with E-state index in [0.717, 1.165) is 16.7 Å². The molecule has 0 aliphatic heterocycles. The smallest absolute Gasteiger partial charge is 0.128 e. The molecule has 96 valence electrons. The summed E-state index contributed by atoms with van der Waals surface area (Å²) in [6.07, 6.45) is -0.669. The number of benzene rings is 1. The Hall–Kier alpha value is -1.52. The van der Waals surface area contributed by atoms with Crippen molar-refractivity contribution in [2.24, 2.45) is 0 Å². The molecule has 1 heterocycles. The Morgan fingerprint density at radius 2 is 1.89 bits per heavy atom. The molecule has 3 nitrogen and oxygen atoms in total. The van der Waals surface area contributed by atoms with Crippen LogP contribution in [0.4, 0.5) is 0 Å². The summed E-state index contributed by atoms with van der Waals surface area (Å²) in [4.78, 5) is 0. The van der Waals surface area contributed by atoms with Crippen LogP contribution in [0.2, 0.25) is 0 Å². The molecule has 18 heavy (non-hydrogen) atoms. The average molecular weight is 264 g/mol. The number of methoxy groups -OCH3 is 2. The van der Waals surface area contributed by atoms with Crippen LogP contribution in [0.3, 0.4) is 0 Å². The quantitative estimate of drug-likeness (QED) is 0.922. The minimum absolute atomic E-state index is 0.632. The van der Waals surface area contributed by atoms with Gasteiger partial charge in [0, 0.05) is 11.6 Å². The third kappa shape index (κ3) is 2.35. The summed E-state index contributed by atoms with van der Waals surface area (Å²) in [5.41, 5.74) is 2.76. The van der Waals surface area contributed by atoms with Gasteiger partial charge in [-0.05, 0) is 40.9 Å². The van der Waals surface area contributed by atoms with Crippen molar-refractivity contribution in [2.45, 2.75) is 13.0 Å². The number of aryl methyl sites for hydroxylation is 1. The first-order chi connectivity index (χ1) is 8.67. The van der Waals surface area contributed by atoms with Gasteiger partial charge in [-0.15, -0.1) is 0 Å². The molecule has 0 aliphatic carbocycles. The fourth-order valence-electron chi connectivity index (χ4n) is 1.86. The molecule has 0 radical (unpaired) electrons. The zero-order valence-electron chi connectivity index (χ0n) is 10.6. The van der Waals surface area contributed by atoms with Crippen LogP contribution < -0.4 is 9.47 Å². The summed E-state index contributed by atoms with van der Waals surface area (Å²) in [5.74, 6) is 1.34. The maximum atomic E-state index is 10.4. The van der Waals surface area contributed by atoms with Gasteiger partial charge in [0.25, 0.3) is 0 Å². The van der Waals surface area contributed by atoms with Crippen molar-refractivity contribution in [2.75, 3.05) is 14.2 Å². The van der Waals surface area contributed by atoms with Crippen LogP contribution in [0.25, 0.3) is 0 Å². The number of rotatable bonds is 4. The molecular weight excluding hydrogens is 248 g/mol. The predicted molar refractivity (Wildman–Crippen MR) is 72.7 cm³/mol. The van der Waals surface area contributed by atoms with Crippen molar-refractivity contribution in [3.05, 3.63) is 45.6 Å². The summed E-state index contributed by atoms with van der Waals surface area (Å²) in [5, 5.41) is 14.4. The van der Waals surface area contributed by atoms with Crippen molar-refractivity contribution >= 4 is 11.3 Å². The van der Waals surface area contributed by atoms with Crippen molar-refractivity contribution in [3.8, 4) is 11.5 Å². The fourth-order valence-corrected chi connectivity index (χ4v) is 2.73. The number of hydrogen-bond acceptors (Lipinski definition) is 4. The molecule has 1 aromatic heterocycles. The van der Waals surface area contributed by atoms with E-state index in [2.05, 4.69) is 0 Å². The number of thiophene rings is 1. The SMILES string of the molecule is COc1ccc(C(O)c2cscc2C)c(OC)c1. The standard InChI is InChI=1S/C14H16O3S/c1-9-7-18-8-12(9)14(15)11-5-4-10(16-2)6-13(11)17-3/h4-8,14-15H,1-3H3. The molecule has 4 heteroatoms. The Morgan fingerprint density at radius 3 is 2.44 bits per heavy atom. The maximum absolute atomic E-state index is 10.4. The van der Waals surface area contributed by atoms with Crippen LogP contribution in [-0.2, 0) is 0 Å². The molecule has 0 bridgehead atoms. The Bertz CT molecular complexity index is 534. The zero-order valence-corrected chi connectivity index (χ0v) is 11.5. The van der Waals surface area contributed by atoms with E-state index in [-0.39, 0.29) is 0 Å². The maximum Gasteiger partial charge on any atom is 0.128 e. The van der Waals surface area contributed by atoms with Crippen LogP contribution >= 0.6 is 11.3 Å². The fraction of sp³-hybridized carbons (Fsp3) is 0.286.